The lowest BCUT2D eigenvalue weighted by molar-refractivity contribution is 1.13. The minimum atomic E-state index is 0.636. The number of benzene rings is 1. The number of aromatic nitrogens is 1. The predicted octanol–water partition coefficient (Wildman–Crippen LogP) is 2.79. The molecule has 18 heavy (non-hydrogen) atoms. The summed E-state index contributed by atoms with van der Waals surface area (Å²) < 4.78 is 0. The molecule has 5 heteroatoms. The molecule has 0 unspecified atom stereocenters. The summed E-state index contributed by atoms with van der Waals surface area (Å²) in [5.74, 6) is 0. The van der Waals surface area contributed by atoms with Crippen molar-refractivity contribution in [3.05, 3.63) is 29.1 Å². The number of nitrogens with zero attached hydrogens (tertiary/aromatic N) is 3. The number of hydrogen-bond acceptors (Lipinski definition) is 5. The average Bonchev–Trinajstić information content (AvgIpc) is 2.82. The summed E-state index contributed by atoms with van der Waals surface area (Å²) in [5, 5.41) is 12.8. The van der Waals surface area contributed by atoms with Gasteiger partial charge in [-0.2, -0.15) is 5.26 Å². The molecule has 0 spiro atoms. The first-order valence-corrected chi connectivity index (χ1v) is 6.33. The Balaban J connectivity index is 2.42. The van der Waals surface area contributed by atoms with Gasteiger partial charge in [0.25, 0.3) is 0 Å². The molecule has 0 aliphatic heterocycles. The van der Waals surface area contributed by atoms with E-state index in [-0.39, 0.29) is 0 Å². The highest BCUT2D eigenvalue weighted by Gasteiger charge is 2.12. The van der Waals surface area contributed by atoms with Crippen LogP contribution in [0.2, 0.25) is 0 Å². The van der Waals surface area contributed by atoms with Crippen LogP contribution in [0.5, 0.6) is 0 Å². The Labute approximate surface area is 111 Å². The van der Waals surface area contributed by atoms with E-state index in [4.69, 9.17) is 5.26 Å². The van der Waals surface area contributed by atoms with Gasteiger partial charge < -0.3 is 10.2 Å². The highest BCUT2D eigenvalue weighted by molar-refractivity contribution is 7.16. The lowest BCUT2D eigenvalue weighted by Gasteiger charge is -2.12. The molecule has 0 aliphatic rings. The third kappa shape index (κ3) is 2.29. The van der Waals surface area contributed by atoms with Gasteiger partial charge >= 0.3 is 0 Å². The Hall–Kier alpha value is -2.06. The number of anilines is 2. The lowest BCUT2D eigenvalue weighted by atomic mass is 10.1. The first-order valence-electron chi connectivity index (χ1n) is 5.52. The zero-order valence-electron chi connectivity index (χ0n) is 10.6. The van der Waals surface area contributed by atoms with Gasteiger partial charge in [-0.15, -0.1) is 0 Å². The molecule has 0 saturated carbocycles. The second-order valence-corrected chi connectivity index (χ2v) is 5.00. The SMILES string of the molecule is CNc1nc(-c2ccc(N(C)C)cc2)c(C#N)s1. The molecule has 0 aliphatic carbocycles. The average molecular weight is 258 g/mol. The molecule has 0 bridgehead atoms. The molecule has 92 valence electrons. The molecule has 2 rings (SSSR count). The number of rotatable bonds is 3. The van der Waals surface area contributed by atoms with Crippen molar-refractivity contribution < 1.29 is 0 Å². The minimum Gasteiger partial charge on any atom is -0.378 e. The summed E-state index contributed by atoms with van der Waals surface area (Å²) in [4.78, 5) is 7.09. The molecule has 0 fully saturated rings. The van der Waals surface area contributed by atoms with Crippen LogP contribution in [0.25, 0.3) is 11.3 Å². The zero-order valence-corrected chi connectivity index (χ0v) is 11.4. The van der Waals surface area contributed by atoms with Gasteiger partial charge in [0.2, 0.25) is 0 Å². The maximum Gasteiger partial charge on any atom is 0.184 e. The fourth-order valence-corrected chi connectivity index (χ4v) is 2.35. The van der Waals surface area contributed by atoms with Crippen molar-refractivity contribution in [3.63, 3.8) is 0 Å². The van der Waals surface area contributed by atoms with Gasteiger partial charge in [0.05, 0.1) is 0 Å². The van der Waals surface area contributed by atoms with Crippen LogP contribution in [-0.2, 0) is 0 Å². The topological polar surface area (TPSA) is 52.0 Å². The Morgan fingerprint density at radius 3 is 2.44 bits per heavy atom. The highest BCUT2D eigenvalue weighted by Crippen LogP contribution is 2.31. The van der Waals surface area contributed by atoms with Gasteiger partial charge in [0.15, 0.2) is 5.13 Å². The molecule has 2 aromatic rings. The number of nitrogens with one attached hydrogen (secondary N) is 1. The van der Waals surface area contributed by atoms with Crippen LogP contribution < -0.4 is 10.2 Å². The Bertz CT molecular complexity index is 578. The molecule has 1 aromatic carbocycles. The second-order valence-electron chi connectivity index (χ2n) is 4.00. The quantitative estimate of drug-likeness (QED) is 0.919. The van der Waals surface area contributed by atoms with Gasteiger partial charge in [-0.05, 0) is 12.1 Å². The van der Waals surface area contributed by atoms with E-state index in [1.54, 1.807) is 7.05 Å². The van der Waals surface area contributed by atoms with Crippen LogP contribution in [0, 0.1) is 11.3 Å². The molecule has 0 radical (unpaired) electrons. The van der Waals surface area contributed by atoms with Gasteiger partial charge in [-0.1, -0.05) is 23.5 Å². The molecular formula is C13H14N4S. The Morgan fingerprint density at radius 1 is 1.28 bits per heavy atom. The smallest absolute Gasteiger partial charge is 0.184 e. The fraction of sp³-hybridized carbons (Fsp3) is 0.231. The predicted molar refractivity (Wildman–Crippen MR) is 76.1 cm³/mol. The number of hydrogen-bond donors (Lipinski definition) is 1. The molecule has 4 nitrogen and oxygen atoms in total. The summed E-state index contributed by atoms with van der Waals surface area (Å²) >= 11 is 1.37. The van der Waals surface area contributed by atoms with Gasteiger partial charge in [0.1, 0.15) is 16.6 Å². The van der Waals surface area contributed by atoms with Crippen LogP contribution in [0.3, 0.4) is 0 Å². The van der Waals surface area contributed by atoms with Gasteiger partial charge in [-0.3, -0.25) is 0 Å². The maximum atomic E-state index is 9.12. The van der Waals surface area contributed by atoms with E-state index in [1.807, 2.05) is 43.3 Å². The summed E-state index contributed by atoms with van der Waals surface area (Å²) in [5.41, 5.74) is 2.84. The normalized spacial score (nSPS) is 9.89. The second kappa shape index (κ2) is 5.07. The van der Waals surface area contributed by atoms with Gasteiger partial charge in [-0.25, -0.2) is 4.98 Å². The number of nitriles is 1. The van der Waals surface area contributed by atoms with Crippen LogP contribution in [0.15, 0.2) is 24.3 Å². The van der Waals surface area contributed by atoms with E-state index in [2.05, 4.69) is 16.4 Å². The first kappa shape index (κ1) is 12.4. The minimum absolute atomic E-state index is 0.636. The van der Waals surface area contributed by atoms with Gasteiger partial charge in [0, 0.05) is 32.4 Å². The van der Waals surface area contributed by atoms with Crippen molar-refractivity contribution in [1.29, 1.82) is 5.26 Å². The molecule has 0 amide bonds. The fourth-order valence-electron chi connectivity index (χ4n) is 1.62. The standard InChI is InChI=1S/C13H14N4S/c1-15-13-16-12(11(8-14)18-13)9-4-6-10(7-5-9)17(2)3/h4-7H,1-3H3,(H,15,16). The molecule has 0 saturated heterocycles. The van der Waals surface area contributed by atoms with Crippen molar-refractivity contribution in [1.82, 2.24) is 4.98 Å². The van der Waals surface area contributed by atoms with Crippen molar-refractivity contribution in [2.75, 3.05) is 31.4 Å². The molecule has 1 heterocycles. The van der Waals surface area contributed by atoms with E-state index in [9.17, 15) is 0 Å². The highest BCUT2D eigenvalue weighted by atomic mass is 32.1. The summed E-state index contributed by atoms with van der Waals surface area (Å²) in [6.45, 7) is 0. The summed E-state index contributed by atoms with van der Waals surface area (Å²) in [6, 6.07) is 10.2. The molecule has 1 N–H and O–H groups in total. The lowest BCUT2D eigenvalue weighted by Crippen LogP contribution is -2.07. The van der Waals surface area contributed by atoms with E-state index in [0.29, 0.717) is 4.88 Å². The van der Waals surface area contributed by atoms with Crippen LogP contribution in [0.4, 0.5) is 10.8 Å². The van der Waals surface area contributed by atoms with E-state index in [0.717, 1.165) is 22.1 Å². The molecular weight excluding hydrogens is 244 g/mol. The first-order chi connectivity index (χ1) is 8.65. The van der Waals surface area contributed by atoms with Crippen molar-refractivity contribution >= 4 is 22.2 Å². The largest absolute Gasteiger partial charge is 0.378 e. The van der Waals surface area contributed by atoms with E-state index < -0.39 is 0 Å². The van der Waals surface area contributed by atoms with Crippen molar-refractivity contribution in [2.45, 2.75) is 0 Å². The summed E-state index contributed by atoms with van der Waals surface area (Å²) in [7, 11) is 5.80. The molecule has 0 atom stereocenters. The zero-order chi connectivity index (χ0) is 13.1. The van der Waals surface area contributed by atoms with Crippen LogP contribution >= 0.6 is 11.3 Å². The summed E-state index contributed by atoms with van der Waals surface area (Å²) in [6.07, 6.45) is 0. The third-order valence-electron chi connectivity index (χ3n) is 2.60. The Kier molecular flexibility index (Phi) is 3.49. The van der Waals surface area contributed by atoms with E-state index in [1.165, 1.54) is 11.3 Å². The maximum absolute atomic E-state index is 9.12. The van der Waals surface area contributed by atoms with Crippen LogP contribution in [0.1, 0.15) is 4.88 Å². The van der Waals surface area contributed by atoms with Crippen molar-refractivity contribution in [3.8, 4) is 17.3 Å². The van der Waals surface area contributed by atoms with E-state index >= 15 is 0 Å². The third-order valence-corrected chi connectivity index (χ3v) is 3.58. The van der Waals surface area contributed by atoms with Crippen LogP contribution in [-0.4, -0.2) is 26.1 Å². The van der Waals surface area contributed by atoms with Crippen molar-refractivity contribution in [2.24, 2.45) is 0 Å². The molecule has 1 aromatic heterocycles. The monoisotopic (exact) mass is 258 g/mol. The Morgan fingerprint density at radius 2 is 1.94 bits per heavy atom. The number of thiazole rings is 1.